The quantitative estimate of drug-likeness (QED) is 0.178. The maximum absolute atomic E-state index is 9.13. The third-order valence-electron chi connectivity index (χ3n) is 9.35. The van der Waals surface area contributed by atoms with Gasteiger partial charge in [-0.3, -0.25) is 4.98 Å². The Bertz CT molecular complexity index is 4060. The summed E-state index contributed by atoms with van der Waals surface area (Å²) in [7, 11) is 0. The van der Waals surface area contributed by atoms with Crippen molar-refractivity contribution < 1.29 is 23.6 Å². The first-order valence-electron chi connectivity index (χ1n) is 23.8. The van der Waals surface area contributed by atoms with Gasteiger partial charge < -0.3 is 8.98 Å². The molecule has 0 unspecified atom stereocenters. The fourth-order valence-corrected chi connectivity index (χ4v) is 6.89. The lowest BCUT2D eigenvalue weighted by Gasteiger charge is -2.15. The van der Waals surface area contributed by atoms with Crippen LogP contribution < -0.4 is 0 Å². The molecule has 0 bridgehead atoms. The molecular formula is C48H29N5O. The Morgan fingerprint density at radius 2 is 1.24 bits per heavy atom. The minimum atomic E-state index is -0.536. The molecule has 11 aromatic rings. The molecule has 6 nitrogen and oxygen atoms in total. The van der Waals surface area contributed by atoms with Gasteiger partial charge in [-0.25, -0.2) is 15.0 Å². The summed E-state index contributed by atoms with van der Waals surface area (Å²) in [5, 5.41) is 1.58. The summed E-state index contributed by atoms with van der Waals surface area (Å²) < 4.78 is 130. The van der Waals surface area contributed by atoms with Gasteiger partial charge in [-0.15, -0.1) is 0 Å². The van der Waals surface area contributed by atoms with Crippen molar-refractivity contribution in [2.75, 3.05) is 0 Å². The second-order valence-electron chi connectivity index (χ2n) is 12.4. The average Bonchev–Trinajstić information content (AvgIpc) is 3.93. The molecule has 0 spiro atoms. The number of benzene rings is 7. The van der Waals surface area contributed by atoms with Crippen molar-refractivity contribution in [3.8, 4) is 51.0 Å². The van der Waals surface area contributed by atoms with Crippen molar-refractivity contribution >= 4 is 54.5 Å². The summed E-state index contributed by atoms with van der Waals surface area (Å²) >= 11 is 0. The van der Waals surface area contributed by atoms with Crippen LogP contribution in [0.25, 0.3) is 105 Å². The number of fused-ring (bicyclic) bond motifs is 7. The van der Waals surface area contributed by atoms with Gasteiger partial charge in [0.05, 0.1) is 35.9 Å². The van der Waals surface area contributed by atoms with Crippen molar-refractivity contribution in [1.29, 1.82) is 0 Å². The van der Waals surface area contributed by atoms with Crippen molar-refractivity contribution in [1.82, 2.24) is 24.5 Å². The lowest BCUT2D eigenvalue weighted by atomic mass is 10.00. The molecule has 4 aromatic heterocycles. The number of para-hydroxylation sites is 5. The Morgan fingerprint density at radius 1 is 0.500 bits per heavy atom. The van der Waals surface area contributed by atoms with Crippen molar-refractivity contribution in [2.24, 2.45) is 0 Å². The second kappa shape index (κ2) is 12.1. The van der Waals surface area contributed by atoms with Gasteiger partial charge >= 0.3 is 0 Å². The Labute approximate surface area is 329 Å². The first-order valence-corrected chi connectivity index (χ1v) is 16.8. The van der Waals surface area contributed by atoms with Crippen LogP contribution in [-0.2, 0) is 0 Å². The molecule has 7 aromatic carbocycles. The zero-order valence-corrected chi connectivity index (χ0v) is 27.8. The molecule has 252 valence electrons. The van der Waals surface area contributed by atoms with E-state index in [-0.39, 0.29) is 91.0 Å². The van der Waals surface area contributed by atoms with Crippen LogP contribution in [0, 0.1) is 0 Å². The number of pyridine rings is 1. The van der Waals surface area contributed by atoms with E-state index in [4.69, 9.17) is 38.6 Å². The zero-order valence-electron chi connectivity index (χ0n) is 41.8. The highest BCUT2D eigenvalue weighted by Gasteiger charge is 2.20. The van der Waals surface area contributed by atoms with Gasteiger partial charge in [0.25, 0.3) is 0 Å². The standard InChI is InChI=1S/C48H29N5O/c1-5-19-41-36(13-1)37-14-2-6-20-42(37)53(41)43-21-7-3-16-40(43)48-51-46(50-47(52-48)33-23-24-34-29-49-26-25-30(34)27-33)32-12-9-11-31(28-32)35-17-10-18-39-38-15-4-8-22-44(38)54-45(35)39/h1-29H/i1D,2D,4D,5D,8D,10D,13D,14D,15D,17D,18D,19D,20D,22D. The van der Waals surface area contributed by atoms with Gasteiger partial charge in [-0.05, 0) is 59.4 Å². The van der Waals surface area contributed by atoms with Gasteiger partial charge in [-0.1, -0.05) is 115 Å². The van der Waals surface area contributed by atoms with Crippen LogP contribution in [0.5, 0.6) is 0 Å². The minimum absolute atomic E-state index is 0.0126. The Kier molecular flexibility index (Phi) is 4.34. The largest absolute Gasteiger partial charge is 0.455 e. The first-order chi connectivity index (χ1) is 32.6. The fraction of sp³-hybridized carbons (Fsp3) is 0. The summed E-state index contributed by atoms with van der Waals surface area (Å²) in [6.07, 6.45) is 3.38. The van der Waals surface area contributed by atoms with Gasteiger partial charge in [0.15, 0.2) is 17.5 Å². The normalized spacial score (nSPS) is 15.3. The van der Waals surface area contributed by atoms with Gasteiger partial charge in [0, 0.05) is 61.6 Å². The highest BCUT2D eigenvalue weighted by atomic mass is 16.3. The third-order valence-corrected chi connectivity index (χ3v) is 9.35. The molecule has 0 saturated carbocycles. The summed E-state index contributed by atoms with van der Waals surface area (Å²) in [5.41, 5.74) is 1.78. The molecule has 0 aliphatic carbocycles. The topological polar surface area (TPSA) is 69.6 Å². The smallest absolute Gasteiger partial charge is 0.166 e. The lowest BCUT2D eigenvalue weighted by Crippen LogP contribution is -2.03. The first kappa shape index (κ1) is 19.4. The Morgan fingerprint density at radius 3 is 2.17 bits per heavy atom. The van der Waals surface area contributed by atoms with E-state index in [0.717, 1.165) is 10.8 Å². The highest BCUT2D eigenvalue weighted by Crippen LogP contribution is 2.39. The maximum atomic E-state index is 9.13. The molecule has 54 heavy (non-hydrogen) atoms. The van der Waals surface area contributed by atoms with E-state index in [0.29, 0.717) is 27.9 Å². The number of rotatable bonds is 5. The molecule has 6 heteroatoms. The van der Waals surface area contributed by atoms with Gasteiger partial charge in [-0.2, -0.15) is 0 Å². The summed E-state index contributed by atoms with van der Waals surface area (Å²) in [6, 6.07) is 16.2. The minimum Gasteiger partial charge on any atom is -0.455 e. The maximum Gasteiger partial charge on any atom is 0.166 e. The number of nitrogens with zero attached hydrogens (tertiary/aromatic N) is 5. The number of furan rings is 1. The summed E-state index contributed by atoms with van der Waals surface area (Å²) in [4.78, 5) is 19.2. The van der Waals surface area contributed by atoms with Crippen LogP contribution in [0.3, 0.4) is 0 Å². The fourth-order valence-electron chi connectivity index (χ4n) is 6.89. The van der Waals surface area contributed by atoms with E-state index < -0.39 is 60.4 Å². The van der Waals surface area contributed by atoms with E-state index in [9.17, 15) is 0 Å². The molecule has 0 radical (unpaired) electrons. The molecule has 0 fully saturated rings. The molecule has 0 amide bonds. The Balaban J connectivity index is 1.19. The number of aromatic nitrogens is 5. The van der Waals surface area contributed by atoms with E-state index in [1.54, 1.807) is 60.9 Å². The molecule has 0 N–H and O–H groups in total. The molecule has 0 atom stereocenters. The number of hydrogen-bond acceptors (Lipinski definition) is 5. The van der Waals surface area contributed by atoms with E-state index in [2.05, 4.69) is 4.98 Å². The summed E-state index contributed by atoms with van der Waals surface area (Å²) in [5.74, 6) is 0.449. The average molecular weight is 706 g/mol. The zero-order chi connectivity index (χ0) is 47.8. The molecule has 0 aliphatic rings. The predicted octanol–water partition coefficient (Wildman–Crippen LogP) is 12.1. The van der Waals surface area contributed by atoms with Crippen LogP contribution in [0.1, 0.15) is 19.2 Å². The van der Waals surface area contributed by atoms with Gasteiger partial charge in [0.1, 0.15) is 11.2 Å². The molecule has 4 heterocycles. The van der Waals surface area contributed by atoms with Gasteiger partial charge in [0.2, 0.25) is 0 Å². The van der Waals surface area contributed by atoms with E-state index >= 15 is 0 Å². The van der Waals surface area contributed by atoms with Crippen LogP contribution in [0.2, 0.25) is 0 Å². The van der Waals surface area contributed by atoms with Crippen molar-refractivity contribution in [3.05, 3.63) is 176 Å². The van der Waals surface area contributed by atoms with Crippen molar-refractivity contribution in [3.63, 3.8) is 0 Å². The molecule has 11 rings (SSSR count). The molecular weight excluding hydrogens is 663 g/mol. The molecule has 0 saturated heterocycles. The predicted molar refractivity (Wildman–Crippen MR) is 218 cm³/mol. The Hall–Kier alpha value is -7.44. The lowest BCUT2D eigenvalue weighted by molar-refractivity contribution is 0.670. The third kappa shape index (κ3) is 4.81. The van der Waals surface area contributed by atoms with E-state index in [1.165, 1.54) is 10.6 Å². The van der Waals surface area contributed by atoms with Crippen LogP contribution >= 0.6 is 0 Å². The van der Waals surface area contributed by atoms with Crippen molar-refractivity contribution in [2.45, 2.75) is 0 Å². The molecule has 0 aliphatic heterocycles. The van der Waals surface area contributed by atoms with Crippen LogP contribution in [0.15, 0.2) is 180 Å². The SMILES string of the molecule is [2H]c1cc([2H])c2c(c1[2H])c1c([2H])c([2H])c([2H])c([2H])c1n2-c1ccccc1-c1nc(-c2cccc(-c3c([2H])c([2H])c([2H])c4c3oc3c([2H])c([2H])c([2H])c([2H])c34)c2)nc(-c2ccc3cnccc3c2)n1. The van der Waals surface area contributed by atoms with Crippen LogP contribution in [-0.4, -0.2) is 24.5 Å². The number of hydrogen-bond donors (Lipinski definition) is 0. The monoisotopic (exact) mass is 705 g/mol. The van der Waals surface area contributed by atoms with E-state index in [1.807, 2.05) is 24.3 Å². The summed E-state index contributed by atoms with van der Waals surface area (Å²) in [6.45, 7) is 0. The highest BCUT2D eigenvalue weighted by molar-refractivity contribution is 6.10. The van der Waals surface area contributed by atoms with Crippen LogP contribution in [0.4, 0.5) is 0 Å². The second-order valence-corrected chi connectivity index (χ2v) is 12.4.